The fraction of sp³-hybridized carbons (Fsp3) is 0.333. The molecule has 3 nitrogen and oxygen atoms in total. The average molecular weight is 215 g/mol. The van der Waals surface area contributed by atoms with Gasteiger partial charge in [0.2, 0.25) is 0 Å². The number of hydrogen-bond acceptors (Lipinski definition) is 3. The number of hydrogen-bond donors (Lipinski definition) is 1. The molecule has 0 saturated heterocycles. The van der Waals surface area contributed by atoms with E-state index in [0.717, 1.165) is 6.07 Å². The van der Waals surface area contributed by atoms with Crippen LogP contribution in [0.3, 0.4) is 0 Å². The Morgan fingerprint density at radius 3 is 2.47 bits per heavy atom. The lowest BCUT2D eigenvalue weighted by atomic mass is 10.1. The second-order valence-corrected chi connectivity index (χ2v) is 2.88. The maximum atomic E-state index is 12.5. The molecule has 0 fully saturated rings. The maximum Gasteiger partial charge on any atom is 0.417 e. The summed E-state index contributed by atoms with van der Waals surface area (Å²) in [5.74, 6) is 0.0961. The molecule has 0 unspecified atom stereocenters. The normalized spacial score (nSPS) is 10.9. The predicted molar refractivity (Wildman–Crippen MR) is 48.2 cm³/mol. The third-order valence-corrected chi connectivity index (χ3v) is 1.87. The summed E-state index contributed by atoms with van der Waals surface area (Å²) < 4.78 is 37.6. The monoisotopic (exact) mass is 215 g/mol. The first kappa shape index (κ1) is 11.3. The first-order valence-electron chi connectivity index (χ1n) is 4.07. The Morgan fingerprint density at radius 1 is 1.47 bits per heavy atom. The Labute approximate surface area is 84.5 Å². The lowest BCUT2D eigenvalue weighted by Crippen LogP contribution is -2.11. The Kier molecular flexibility index (Phi) is 2.84. The van der Waals surface area contributed by atoms with Crippen LogP contribution in [-0.2, 0) is 6.18 Å². The summed E-state index contributed by atoms with van der Waals surface area (Å²) in [6, 6.07) is 2.34. The fourth-order valence-electron chi connectivity index (χ4n) is 1.17. The molecule has 0 aliphatic rings. The van der Waals surface area contributed by atoms with E-state index in [9.17, 15) is 13.2 Å². The van der Waals surface area contributed by atoms with Gasteiger partial charge in [-0.3, -0.25) is 0 Å². The molecule has 1 N–H and O–H groups in total. The molecule has 0 aromatic carbocycles. The van der Waals surface area contributed by atoms with E-state index in [4.69, 9.17) is 5.26 Å². The average Bonchev–Trinajstić information content (AvgIpc) is 2.15. The molecule has 0 spiro atoms. The molecule has 0 bridgehead atoms. The van der Waals surface area contributed by atoms with Crippen molar-refractivity contribution in [2.24, 2.45) is 0 Å². The minimum Gasteiger partial charge on any atom is -0.373 e. The topological polar surface area (TPSA) is 48.7 Å². The van der Waals surface area contributed by atoms with Crippen molar-refractivity contribution in [2.75, 3.05) is 12.4 Å². The van der Waals surface area contributed by atoms with Crippen molar-refractivity contribution < 1.29 is 13.2 Å². The molecule has 0 radical (unpaired) electrons. The number of aryl methyl sites for hydroxylation is 1. The van der Waals surface area contributed by atoms with Crippen LogP contribution < -0.4 is 5.32 Å². The summed E-state index contributed by atoms with van der Waals surface area (Å²) >= 11 is 0. The Balaban J connectivity index is 3.48. The van der Waals surface area contributed by atoms with Crippen LogP contribution in [-0.4, -0.2) is 12.0 Å². The Morgan fingerprint density at radius 2 is 2.07 bits per heavy atom. The number of nitrogens with zero attached hydrogens (tertiary/aromatic N) is 2. The van der Waals surface area contributed by atoms with Gasteiger partial charge in [-0.05, 0) is 13.0 Å². The highest BCUT2D eigenvalue weighted by atomic mass is 19.4. The number of nitrogens with one attached hydrogen (secondary N) is 1. The number of halogens is 3. The number of rotatable bonds is 1. The van der Waals surface area contributed by atoms with E-state index in [0.29, 0.717) is 0 Å². The molecule has 1 aromatic heterocycles. The van der Waals surface area contributed by atoms with Crippen molar-refractivity contribution in [3.63, 3.8) is 0 Å². The molecule has 0 amide bonds. The smallest absolute Gasteiger partial charge is 0.373 e. The summed E-state index contributed by atoms with van der Waals surface area (Å²) in [6.07, 6.45) is -4.54. The third kappa shape index (κ3) is 2.18. The standard InChI is InChI=1S/C9H8F3N3/c1-5-6(4-13)7(9(10,11)12)3-8(14-2)15-5/h3H,1-2H3,(H,14,15). The van der Waals surface area contributed by atoms with E-state index >= 15 is 0 Å². The van der Waals surface area contributed by atoms with E-state index in [-0.39, 0.29) is 11.5 Å². The van der Waals surface area contributed by atoms with Gasteiger partial charge in [-0.25, -0.2) is 4.98 Å². The Bertz CT molecular complexity index is 418. The van der Waals surface area contributed by atoms with Crippen molar-refractivity contribution in [1.29, 1.82) is 5.26 Å². The zero-order chi connectivity index (χ0) is 11.6. The molecule has 80 valence electrons. The molecule has 1 aromatic rings. The first-order chi connectivity index (χ1) is 6.90. The summed E-state index contributed by atoms with van der Waals surface area (Å²) in [5.41, 5.74) is -1.32. The largest absolute Gasteiger partial charge is 0.417 e. The minimum absolute atomic E-state index is 0.0664. The lowest BCUT2D eigenvalue weighted by molar-refractivity contribution is -0.137. The van der Waals surface area contributed by atoms with Crippen molar-refractivity contribution >= 4 is 5.82 Å². The predicted octanol–water partition coefficient (Wildman–Crippen LogP) is 2.32. The molecular formula is C9H8F3N3. The minimum atomic E-state index is -4.54. The second kappa shape index (κ2) is 3.77. The van der Waals surface area contributed by atoms with Crippen LogP contribution in [0.5, 0.6) is 0 Å². The van der Waals surface area contributed by atoms with Crippen molar-refractivity contribution in [3.8, 4) is 6.07 Å². The van der Waals surface area contributed by atoms with Crippen LogP contribution in [0.15, 0.2) is 6.07 Å². The molecule has 0 aliphatic carbocycles. The Hall–Kier alpha value is -1.77. The van der Waals surface area contributed by atoms with Gasteiger partial charge in [-0.2, -0.15) is 18.4 Å². The first-order valence-corrected chi connectivity index (χ1v) is 4.07. The van der Waals surface area contributed by atoms with Crippen LogP contribution >= 0.6 is 0 Å². The van der Waals surface area contributed by atoms with Crippen LogP contribution in [0, 0.1) is 18.3 Å². The molecule has 6 heteroatoms. The van der Waals surface area contributed by atoms with Gasteiger partial charge in [-0.15, -0.1) is 0 Å². The van der Waals surface area contributed by atoms with Gasteiger partial charge in [0, 0.05) is 7.05 Å². The van der Waals surface area contributed by atoms with Gasteiger partial charge in [0.1, 0.15) is 11.9 Å². The van der Waals surface area contributed by atoms with E-state index < -0.39 is 17.3 Å². The summed E-state index contributed by atoms with van der Waals surface area (Å²) in [7, 11) is 1.47. The fourth-order valence-corrected chi connectivity index (χ4v) is 1.17. The van der Waals surface area contributed by atoms with Crippen molar-refractivity contribution in [1.82, 2.24) is 4.98 Å². The molecule has 15 heavy (non-hydrogen) atoms. The van der Waals surface area contributed by atoms with Crippen LogP contribution in [0.2, 0.25) is 0 Å². The van der Waals surface area contributed by atoms with Gasteiger partial charge in [0.15, 0.2) is 0 Å². The molecule has 0 atom stereocenters. The number of anilines is 1. The van der Waals surface area contributed by atoms with Crippen molar-refractivity contribution in [2.45, 2.75) is 13.1 Å². The SMILES string of the molecule is CNc1cc(C(F)(F)F)c(C#N)c(C)n1. The highest BCUT2D eigenvalue weighted by molar-refractivity contribution is 5.50. The summed E-state index contributed by atoms with van der Waals surface area (Å²) in [5, 5.41) is 11.1. The number of alkyl halides is 3. The quantitative estimate of drug-likeness (QED) is 0.782. The van der Waals surface area contributed by atoms with E-state index in [1.807, 2.05) is 0 Å². The van der Waals surface area contributed by atoms with Gasteiger partial charge in [-0.1, -0.05) is 0 Å². The summed E-state index contributed by atoms with van der Waals surface area (Å²) in [6.45, 7) is 1.37. The number of nitriles is 1. The molecule has 1 rings (SSSR count). The molecule has 0 aliphatic heterocycles. The van der Waals surface area contributed by atoms with Gasteiger partial charge < -0.3 is 5.32 Å². The van der Waals surface area contributed by atoms with Gasteiger partial charge >= 0.3 is 6.18 Å². The number of pyridine rings is 1. The maximum absolute atomic E-state index is 12.5. The van der Waals surface area contributed by atoms with Crippen LogP contribution in [0.4, 0.5) is 19.0 Å². The van der Waals surface area contributed by atoms with E-state index in [1.54, 1.807) is 0 Å². The van der Waals surface area contributed by atoms with Gasteiger partial charge in [0.25, 0.3) is 0 Å². The number of aromatic nitrogens is 1. The zero-order valence-corrected chi connectivity index (χ0v) is 8.11. The zero-order valence-electron chi connectivity index (χ0n) is 8.11. The van der Waals surface area contributed by atoms with Crippen LogP contribution in [0.1, 0.15) is 16.8 Å². The molecule has 1 heterocycles. The highest BCUT2D eigenvalue weighted by Crippen LogP contribution is 2.33. The van der Waals surface area contributed by atoms with E-state index in [1.165, 1.54) is 20.0 Å². The highest BCUT2D eigenvalue weighted by Gasteiger charge is 2.35. The summed E-state index contributed by atoms with van der Waals surface area (Å²) in [4.78, 5) is 3.80. The molecule has 0 saturated carbocycles. The third-order valence-electron chi connectivity index (χ3n) is 1.87. The second-order valence-electron chi connectivity index (χ2n) is 2.88. The molecular weight excluding hydrogens is 207 g/mol. The van der Waals surface area contributed by atoms with Crippen molar-refractivity contribution in [3.05, 3.63) is 22.9 Å². The lowest BCUT2D eigenvalue weighted by Gasteiger charge is -2.11. The van der Waals surface area contributed by atoms with Crippen LogP contribution in [0.25, 0.3) is 0 Å². The van der Waals surface area contributed by atoms with E-state index in [2.05, 4.69) is 10.3 Å². The van der Waals surface area contributed by atoms with Gasteiger partial charge in [0.05, 0.1) is 16.8 Å².